The maximum atomic E-state index is 13.5. The number of rotatable bonds is 9. The Hall–Kier alpha value is -2.42. The Labute approximate surface area is 251 Å². The summed E-state index contributed by atoms with van der Waals surface area (Å²) in [6.07, 6.45) is 10.2. The molecule has 1 aliphatic carbocycles. The van der Waals surface area contributed by atoms with Crippen LogP contribution in [0.2, 0.25) is 0 Å². The first-order valence-electron chi connectivity index (χ1n) is 14.9. The molecule has 2 aromatic rings. The third-order valence-electron chi connectivity index (χ3n) is 9.37. The van der Waals surface area contributed by atoms with E-state index in [4.69, 9.17) is 0 Å². The lowest BCUT2D eigenvalue weighted by molar-refractivity contribution is -0.139. The van der Waals surface area contributed by atoms with Gasteiger partial charge >= 0.3 is 0 Å². The SMILES string of the molecule is CS(=O)(=O)c1ccc(CN2CCC3(CCN(CCC(NC(=O)C4CCCCC4)c4ccccc4)CC3)C2=O)cc1.Cl. The van der Waals surface area contributed by atoms with Crippen molar-refractivity contribution in [1.82, 2.24) is 15.1 Å². The van der Waals surface area contributed by atoms with E-state index in [1.165, 1.54) is 12.7 Å². The molecule has 41 heavy (non-hydrogen) atoms. The summed E-state index contributed by atoms with van der Waals surface area (Å²) in [6.45, 7) is 3.94. The van der Waals surface area contributed by atoms with Crippen molar-refractivity contribution in [1.29, 1.82) is 0 Å². The molecule has 0 aromatic heterocycles. The number of hydrogen-bond donors (Lipinski definition) is 1. The van der Waals surface area contributed by atoms with Crippen LogP contribution in [0.1, 0.15) is 75.0 Å². The molecule has 0 bridgehead atoms. The Balaban J connectivity index is 0.00000387. The normalized spacial score (nSPS) is 20.5. The Kier molecular flexibility index (Phi) is 10.5. The van der Waals surface area contributed by atoms with Crippen LogP contribution in [0.5, 0.6) is 0 Å². The monoisotopic (exact) mass is 601 g/mol. The highest BCUT2D eigenvalue weighted by atomic mass is 35.5. The zero-order chi connectivity index (χ0) is 28.2. The summed E-state index contributed by atoms with van der Waals surface area (Å²) in [4.78, 5) is 31.3. The quantitative estimate of drug-likeness (QED) is 0.429. The summed E-state index contributed by atoms with van der Waals surface area (Å²) in [5.74, 6) is 0.582. The maximum Gasteiger partial charge on any atom is 0.229 e. The fourth-order valence-electron chi connectivity index (χ4n) is 6.75. The van der Waals surface area contributed by atoms with Gasteiger partial charge in [0.2, 0.25) is 11.8 Å². The van der Waals surface area contributed by atoms with E-state index in [0.29, 0.717) is 11.4 Å². The van der Waals surface area contributed by atoms with Gasteiger partial charge in [0, 0.05) is 31.8 Å². The largest absolute Gasteiger partial charge is 0.349 e. The molecule has 224 valence electrons. The summed E-state index contributed by atoms with van der Waals surface area (Å²) in [5.41, 5.74) is 1.83. The zero-order valence-electron chi connectivity index (χ0n) is 24.1. The summed E-state index contributed by atoms with van der Waals surface area (Å²) in [7, 11) is -3.23. The predicted octanol–water partition coefficient (Wildman–Crippen LogP) is 5.15. The van der Waals surface area contributed by atoms with Crippen molar-refractivity contribution in [3.05, 3.63) is 65.7 Å². The number of hydrogen-bond acceptors (Lipinski definition) is 5. The molecule has 0 radical (unpaired) electrons. The van der Waals surface area contributed by atoms with E-state index in [-0.39, 0.29) is 41.6 Å². The molecule has 2 saturated heterocycles. The highest BCUT2D eigenvalue weighted by Gasteiger charge is 2.47. The number of likely N-dealkylation sites (tertiary alicyclic amines) is 2. The number of nitrogens with one attached hydrogen (secondary N) is 1. The van der Waals surface area contributed by atoms with Crippen LogP contribution >= 0.6 is 12.4 Å². The van der Waals surface area contributed by atoms with Crippen LogP contribution in [0.15, 0.2) is 59.5 Å². The summed E-state index contributed by atoms with van der Waals surface area (Å²) in [5, 5.41) is 3.38. The van der Waals surface area contributed by atoms with Gasteiger partial charge in [-0.1, -0.05) is 61.7 Å². The van der Waals surface area contributed by atoms with E-state index in [1.54, 1.807) is 12.1 Å². The molecular weight excluding hydrogens is 558 g/mol. The van der Waals surface area contributed by atoms with Crippen molar-refractivity contribution in [2.45, 2.75) is 75.3 Å². The molecular formula is C32H44ClN3O4S. The van der Waals surface area contributed by atoms with Gasteiger partial charge < -0.3 is 15.1 Å². The number of piperidine rings is 1. The molecule has 9 heteroatoms. The number of benzene rings is 2. The van der Waals surface area contributed by atoms with E-state index in [2.05, 4.69) is 22.3 Å². The van der Waals surface area contributed by atoms with Gasteiger partial charge in [-0.25, -0.2) is 8.42 Å². The smallest absolute Gasteiger partial charge is 0.229 e. The van der Waals surface area contributed by atoms with Gasteiger partial charge in [0.1, 0.15) is 0 Å². The Morgan fingerprint density at radius 3 is 2.22 bits per heavy atom. The van der Waals surface area contributed by atoms with Gasteiger partial charge in [-0.15, -0.1) is 12.4 Å². The second kappa shape index (κ2) is 13.7. The number of carbonyl (C=O) groups is 2. The second-order valence-electron chi connectivity index (χ2n) is 12.1. The molecule has 3 aliphatic rings. The van der Waals surface area contributed by atoms with Gasteiger partial charge in [-0.3, -0.25) is 9.59 Å². The lowest BCUT2D eigenvalue weighted by Gasteiger charge is -2.38. The molecule has 1 atom stereocenters. The van der Waals surface area contributed by atoms with E-state index >= 15 is 0 Å². The molecule has 1 saturated carbocycles. The highest BCUT2D eigenvalue weighted by molar-refractivity contribution is 7.90. The lowest BCUT2D eigenvalue weighted by Crippen LogP contribution is -2.45. The molecule has 3 fully saturated rings. The molecule has 2 aromatic carbocycles. The third kappa shape index (κ3) is 7.70. The fraction of sp³-hybridized carbons (Fsp3) is 0.562. The van der Waals surface area contributed by atoms with Crippen LogP contribution in [0.3, 0.4) is 0 Å². The number of halogens is 1. The minimum absolute atomic E-state index is 0. The van der Waals surface area contributed by atoms with Gasteiger partial charge in [0.25, 0.3) is 0 Å². The molecule has 7 nitrogen and oxygen atoms in total. The van der Waals surface area contributed by atoms with E-state index in [1.807, 2.05) is 35.2 Å². The van der Waals surface area contributed by atoms with Crippen molar-refractivity contribution >= 4 is 34.1 Å². The molecule has 2 amide bonds. The van der Waals surface area contributed by atoms with E-state index in [9.17, 15) is 18.0 Å². The number of amides is 2. The minimum Gasteiger partial charge on any atom is -0.349 e. The Morgan fingerprint density at radius 2 is 1.59 bits per heavy atom. The first-order chi connectivity index (χ1) is 19.2. The van der Waals surface area contributed by atoms with Crippen LogP contribution in [0, 0.1) is 11.3 Å². The summed E-state index contributed by atoms with van der Waals surface area (Å²) >= 11 is 0. The lowest BCUT2D eigenvalue weighted by atomic mass is 9.77. The van der Waals surface area contributed by atoms with Gasteiger partial charge in [0.15, 0.2) is 9.84 Å². The molecule has 2 heterocycles. The number of nitrogens with zero attached hydrogens (tertiary/aromatic N) is 2. The molecule has 5 rings (SSSR count). The topological polar surface area (TPSA) is 86.8 Å². The van der Waals surface area contributed by atoms with Crippen molar-refractivity contribution in [3.8, 4) is 0 Å². The predicted molar refractivity (Wildman–Crippen MR) is 163 cm³/mol. The van der Waals surface area contributed by atoms with Gasteiger partial charge in [-0.05, 0) is 74.9 Å². The van der Waals surface area contributed by atoms with E-state index in [0.717, 1.165) is 88.7 Å². The van der Waals surface area contributed by atoms with Crippen LogP contribution in [0.4, 0.5) is 0 Å². The minimum atomic E-state index is -3.23. The summed E-state index contributed by atoms with van der Waals surface area (Å²) < 4.78 is 23.5. The van der Waals surface area contributed by atoms with Gasteiger partial charge in [-0.2, -0.15) is 0 Å². The average Bonchev–Trinajstić information content (AvgIpc) is 3.26. The van der Waals surface area contributed by atoms with Crippen molar-refractivity contribution in [2.75, 3.05) is 32.4 Å². The van der Waals surface area contributed by atoms with Crippen LogP contribution in [-0.2, 0) is 26.0 Å². The van der Waals surface area contributed by atoms with Crippen LogP contribution in [-0.4, -0.2) is 62.5 Å². The van der Waals surface area contributed by atoms with Crippen molar-refractivity contribution in [3.63, 3.8) is 0 Å². The second-order valence-corrected chi connectivity index (χ2v) is 14.1. The standard InChI is InChI=1S/C32H43N3O4S.ClH/c1-40(38,39)28-14-12-25(13-15-28)24-35-23-19-32(31(35)37)17-21-34(22-18-32)20-16-29(26-8-4-2-5-9-26)33-30(36)27-10-6-3-7-11-27;/h2,4-5,8-9,12-15,27,29H,3,6-7,10-11,16-24H2,1H3,(H,33,36);1H. The zero-order valence-corrected chi connectivity index (χ0v) is 25.7. The number of sulfone groups is 1. The average molecular weight is 602 g/mol. The molecule has 1 unspecified atom stereocenters. The number of carbonyl (C=O) groups excluding carboxylic acids is 2. The summed E-state index contributed by atoms with van der Waals surface area (Å²) in [6, 6.07) is 17.2. The molecule has 1 spiro atoms. The van der Waals surface area contributed by atoms with Crippen molar-refractivity contribution < 1.29 is 18.0 Å². The maximum absolute atomic E-state index is 13.5. The third-order valence-corrected chi connectivity index (χ3v) is 10.5. The first kappa shape index (κ1) is 31.5. The van der Waals surface area contributed by atoms with Crippen LogP contribution < -0.4 is 5.32 Å². The Morgan fingerprint density at radius 1 is 0.951 bits per heavy atom. The Bertz CT molecular complexity index is 1270. The first-order valence-corrected chi connectivity index (χ1v) is 16.8. The molecule has 1 N–H and O–H groups in total. The fourth-order valence-corrected chi connectivity index (χ4v) is 7.38. The molecule has 2 aliphatic heterocycles. The highest BCUT2D eigenvalue weighted by Crippen LogP contribution is 2.42. The van der Waals surface area contributed by atoms with E-state index < -0.39 is 9.84 Å². The van der Waals surface area contributed by atoms with Crippen molar-refractivity contribution in [2.24, 2.45) is 11.3 Å². The van der Waals surface area contributed by atoms with Crippen LogP contribution in [0.25, 0.3) is 0 Å². The van der Waals surface area contributed by atoms with Gasteiger partial charge in [0.05, 0.1) is 16.4 Å².